The number of hydrogen-bond donors (Lipinski definition) is 0. The zero-order valence-corrected chi connectivity index (χ0v) is 8.91. The molecule has 0 saturated heterocycles. The van der Waals surface area contributed by atoms with Gasteiger partial charge in [0.05, 0.1) is 5.54 Å². The summed E-state index contributed by atoms with van der Waals surface area (Å²) in [5, 5.41) is 0. The van der Waals surface area contributed by atoms with Crippen LogP contribution in [0.1, 0.15) is 13.8 Å². The summed E-state index contributed by atoms with van der Waals surface area (Å²) in [6.07, 6.45) is 3.45. The van der Waals surface area contributed by atoms with Crippen molar-refractivity contribution in [3.8, 4) is 0 Å². The second-order valence-corrected chi connectivity index (χ2v) is 3.82. The minimum atomic E-state index is -0.122. The van der Waals surface area contributed by atoms with Crippen LogP contribution in [0.5, 0.6) is 0 Å². The van der Waals surface area contributed by atoms with Crippen LogP contribution in [0.2, 0.25) is 0 Å². The van der Waals surface area contributed by atoms with Gasteiger partial charge in [-0.05, 0) is 19.9 Å². The highest BCUT2D eigenvalue weighted by Crippen LogP contribution is 2.18. The van der Waals surface area contributed by atoms with Crippen molar-refractivity contribution in [3.63, 3.8) is 0 Å². The van der Waals surface area contributed by atoms with Gasteiger partial charge in [-0.15, -0.1) is 11.6 Å². The molecular weight excluding hydrogens is 186 g/mol. The Bertz CT molecular complexity index is 261. The van der Waals surface area contributed by atoms with Crippen LogP contribution < -0.4 is 4.90 Å². The highest BCUT2D eigenvalue weighted by Gasteiger charge is 2.23. The lowest BCUT2D eigenvalue weighted by Crippen LogP contribution is -2.43. The number of aromatic nitrogens is 2. The van der Waals surface area contributed by atoms with Crippen molar-refractivity contribution in [2.75, 3.05) is 17.8 Å². The second-order valence-electron chi connectivity index (χ2n) is 3.55. The van der Waals surface area contributed by atoms with Gasteiger partial charge in [-0.25, -0.2) is 9.97 Å². The number of halogens is 1. The zero-order valence-electron chi connectivity index (χ0n) is 8.16. The lowest BCUT2D eigenvalue weighted by atomic mass is 10.1. The van der Waals surface area contributed by atoms with E-state index >= 15 is 0 Å². The Morgan fingerprint density at radius 2 is 1.92 bits per heavy atom. The van der Waals surface area contributed by atoms with Crippen LogP contribution in [0.25, 0.3) is 0 Å². The molecule has 0 saturated carbocycles. The van der Waals surface area contributed by atoms with Gasteiger partial charge in [-0.1, -0.05) is 0 Å². The molecule has 0 atom stereocenters. The van der Waals surface area contributed by atoms with E-state index in [1.54, 1.807) is 18.5 Å². The Labute approximate surface area is 83.8 Å². The van der Waals surface area contributed by atoms with Gasteiger partial charge >= 0.3 is 0 Å². The first-order valence-electron chi connectivity index (χ1n) is 4.15. The Morgan fingerprint density at radius 1 is 1.38 bits per heavy atom. The van der Waals surface area contributed by atoms with Gasteiger partial charge in [-0.2, -0.15) is 0 Å². The van der Waals surface area contributed by atoms with Gasteiger partial charge in [0.25, 0.3) is 0 Å². The topological polar surface area (TPSA) is 29.0 Å². The van der Waals surface area contributed by atoms with Crippen LogP contribution in [0, 0.1) is 0 Å². The van der Waals surface area contributed by atoms with E-state index in [4.69, 9.17) is 11.6 Å². The maximum absolute atomic E-state index is 5.84. The SMILES string of the molecule is CN(c1ncccn1)C(C)(C)CCl. The third-order valence-corrected chi connectivity index (χ3v) is 2.74. The first-order chi connectivity index (χ1) is 6.08. The average Bonchev–Trinajstić information content (AvgIpc) is 2.18. The van der Waals surface area contributed by atoms with E-state index in [1.165, 1.54) is 0 Å². The van der Waals surface area contributed by atoms with Crippen molar-refractivity contribution >= 4 is 17.5 Å². The van der Waals surface area contributed by atoms with Crippen LogP contribution in [-0.2, 0) is 0 Å². The summed E-state index contributed by atoms with van der Waals surface area (Å²) in [5.41, 5.74) is -0.122. The minimum absolute atomic E-state index is 0.122. The molecule has 1 aromatic rings. The molecule has 0 aliphatic heterocycles. The molecule has 1 heterocycles. The molecule has 4 heteroatoms. The van der Waals surface area contributed by atoms with Crippen LogP contribution >= 0.6 is 11.6 Å². The normalized spacial score (nSPS) is 11.4. The number of anilines is 1. The van der Waals surface area contributed by atoms with Gasteiger partial charge in [0.1, 0.15) is 0 Å². The van der Waals surface area contributed by atoms with Gasteiger partial charge < -0.3 is 4.90 Å². The maximum Gasteiger partial charge on any atom is 0.225 e. The van der Waals surface area contributed by atoms with Crippen molar-refractivity contribution in [3.05, 3.63) is 18.5 Å². The van der Waals surface area contributed by atoms with E-state index in [0.717, 1.165) is 0 Å². The maximum atomic E-state index is 5.84. The van der Waals surface area contributed by atoms with E-state index in [9.17, 15) is 0 Å². The molecule has 0 fully saturated rings. The summed E-state index contributed by atoms with van der Waals surface area (Å²) < 4.78 is 0. The first kappa shape index (κ1) is 10.3. The fraction of sp³-hybridized carbons (Fsp3) is 0.556. The highest BCUT2D eigenvalue weighted by molar-refractivity contribution is 6.18. The second kappa shape index (κ2) is 3.92. The minimum Gasteiger partial charge on any atom is -0.338 e. The number of hydrogen-bond acceptors (Lipinski definition) is 3. The predicted octanol–water partition coefficient (Wildman–Crippen LogP) is 1.93. The molecule has 0 spiro atoms. The van der Waals surface area contributed by atoms with E-state index in [-0.39, 0.29) is 5.54 Å². The van der Waals surface area contributed by atoms with Gasteiger partial charge in [0, 0.05) is 25.3 Å². The largest absolute Gasteiger partial charge is 0.338 e. The lowest BCUT2D eigenvalue weighted by Gasteiger charge is -2.33. The zero-order chi connectivity index (χ0) is 9.90. The van der Waals surface area contributed by atoms with Crippen molar-refractivity contribution in [1.29, 1.82) is 0 Å². The first-order valence-corrected chi connectivity index (χ1v) is 4.68. The molecule has 0 aliphatic carbocycles. The Kier molecular flexibility index (Phi) is 3.09. The molecule has 13 heavy (non-hydrogen) atoms. The monoisotopic (exact) mass is 199 g/mol. The molecule has 0 bridgehead atoms. The van der Waals surface area contributed by atoms with E-state index < -0.39 is 0 Å². The summed E-state index contributed by atoms with van der Waals surface area (Å²) in [6, 6.07) is 1.80. The molecular formula is C9H14ClN3. The number of rotatable bonds is 3. The molecule has 0 unspecified atom stereocenters. The van der Waals surface area contributed by atoms with Crippen molar-refractivity contribution < 1.29 is 0 Å². The predicted molar refractivity (Wildman–Crippen MR) is 55.2 cm³/mol. The van der Waals surface area contributed by atoms with Crippen molar-refractivity contribution in [2.45, 2.75) is 19.4 Å². The fourth-order valence-corrected chi connectivity index (χ4v) is 1.00. The standard InChI is InChI=1S/C9H14ClN3/c1-9(2,7-10)13(3)8-11-5-4-6-12-8/h4-6H,7H2,1-3H3. The summed E-state index contributed by atoms with van der Waals surface area (Å²) in [5.74, 6) is 1.25. The van der Waals surface area contributed by atoms with Gasteiger partial charge in [-0.3, -0.25) is 0 Å². The molecule has 0 amide bonds. The quantitative estimate of drug-likeness (QED) is 0.697. The smallest absolute Gasteiger partial charge is 0.225 e. The highest BCUT2D eigenvalue weighted by atomic mass is 35.5. The van der Waals surface area contributed by atoms with Gasteiger partial charge in [0.2, 0.25) is 5.95 Å². The molecule has 3 nitrogen and oxygen atoms in total. The third-order valence-electron chi connectivity index (χ3n) is 2.09. The fourth-order valence-electron chi connectivity index (χ4n) is 0.825. The lowest BCUT2D eigenvalue weighted by molar-refractivity contribution is 0.534. The summed E-state index contributed by atoms with van der Waals surface area (Å²) in [4.78, 5) is 10.3. The molecule has 0 aromatic carbocycles. The van der Waals surface area contributed by atoms with E-state index in [2.05, 4.69) is 23.8 Å². The van der Waals surface area contributed by atoms with Crippen molar-refractivity contribution in [1.82, 2.24) is 9.97 Å². The van der Waals surface area contributed by atoms with Crippen LogP contribution in [-0.4, -0.2) is 28.4 Å². The van der Waals surface area contributed by atoms with Crippen LogP contribution in [0.15, 0.2) is 18.5 Å². The Morgan fingerprint density at radius 3 is 2.38 bits per heavy atom. The summed E-state index contributed by atoms with van der Waals surface area (Å²) in [6.45, 7) is 4.10. The Balaban J connectivity index is 2.85. The van der Waals surface area contributed by atoms with Crippen molar-refractivity contribution in [2.24, 2.45) is 0 Å². The van der Waals surface area contributed by atoms with Gasteiger partial charge in [0.15, 0.2) is 0 Å². The summed E-state index contributed by atoms with van der Waals surface area (Å²) in [7, 11) is 1.94. The Hall–Kier alpha value is -0.830. The van der Waals surface area contributed by atoms with Crippen LogP contribution in [0.4, 0.5) is 5.95 Å². The average molecular weight is 200 g/mol. The molecule has 1 rings (SSSR count). The van der Waals surface area contributed by atoms with Crippen LogP contribution in [0.3, 0.4) is 0 Å². The summed E-state index contributed by atoms with van der Waals surface area (Å²) >= 11 is 5.84. The molecule has 0 radical (unpaired) electrons. The number of nitrogens with zero attached hydrogens (tertiary/aromatic N) is 3. The number of alkyl halides is 1. The molecule has 72 valence electrons. The molecule has 0 N–H and O–H groups in total. The van der Waals surface area contributed by atoms with E-state index in [0.29, 0.717) is 11.8 Å². The molecule has 1 aromatic heterocycles. The molecule has 0 aliphatic rings. The third kappa shape index (κ3) is 2.31. The van der Waals surface area contributed by atoms with E-state index in [1.807, 2.05) is 11.9 Å².